The highest BCUT2D eigenvalue weighted by molar-refractivity contribution is 5.94. The number of amides is 1. The largest absolute Gasteiger partial charge is 0.328 e. The van der Waals surface area contributed by atoms with Crippen molar-refractivity contribution in [3.8, 4) is 6.07 Å². The van der Waals surface area contributed by atoms with Gasteiger partial charge < -0.3 is 4.90 Å². The lowest BCUT2D eigenvalue weighted by molar-refractivity contribution is 0.0807. The molecule has 0 radical (unpaired) electrons. The van der Waals surface area contributed by atoms with Crippen molar-refractivity contribution >= 4 is 5.91 Å². The first-order valence-corrected chi connectivity index (χ1v) is 4.13. The Balaban J connectivity index is 3.01. The molecule has 0 N–H and O–H groups in total. The van der Waals surface area contributed by atoms with Gasteiger partial charge in [-0.15, -0.1) is 0 Å². The van der Waals surface area contributed by atoms with Gasteiger partial charge in [-0.05, 0) is 18.2 Å². The normalized spacial score (nSPS) is 9.47. The second-order valence-electron chi connectivity index (χ2n) is 2.94. The summed E-state index contributed by atoms with van der Waals surface area (Å²) >= 11 is 0. The molecule has 0 aromatic heterocycles. The average molecular weight is 210 g/mol. The van der Waals surface area contributed by atoms with E-state index in [2.05, 4.69) is 0 Å². The van der Waals surface area contributed by atoms with Gasteiger partial charge in [0, 0.05) is 7.05 Å². The molecule has 78 valence electrons. The summed E-state index contributed by atoms with van der Waals surface area (Å²) in [5.41, 5.74) is -0.368. The van der Waals surface area contributed by atoms with Gasteiger partial charge in [-0.3, -0.25) is 4.79 Å². The van der Waals surface area contributed by atoms with Crippen LogP contribution in [0.1, 0.15) is 10.4 Å². The van der Waals surface area contributed by atoms with Crippen molar-refractivity contribution < 1.29 is 13.6 Å². The summed E-state index contributed by atoms with van der Waals surface area (Å²) < 4.78 is 25.9. The molecule has 0 bridgehead atoms. The summed E-state index contributed by atoms with van der Waals surface area (Å²) in [4.78, 5) is 12.5. The first-order valence-electron chi connectivity index (χ1n) is 4.13. The molecule has 1 aromatic rings. The molecule has 0 aliphatic carbocycles. The molecule has 1 rings (SSSR count). The van der Waals surface area contributed by atoms with Gasteiger partial charge in [0.25, 0.3) is 5.91 Å². The minimum Gasteiger partial charge on any atom is -0.328 e. The predicted molar refractivity (Wildman–Crippen MR) is 48.9 cm³/mol. The van der Waals surface area contributed by atoms with Gasteiger partial charge in [0.2, 0.25) is 0 Å². The number of carbonyl (C=O) groups excluding carboxylic acids is 1. The van der Waals surface area contributed by atoms with Crippen molar-refractivity contribution in [3.63, 3.8) is 0 Å². The number of hydrogen-bond donors (Lipinski definition) is 0. The maximum atomic E-state index is 13.1. The van der Waals surface area contributed by atoms with E-state index in [0.29, 0.717) is 0 Å². The lowest BCUT2D eigenvalue weighted by Crippen LogP contribution is -2.27. The molecular weight excluding hydrogens is 202 g/mol. The molecule has 0 atom stereocenters. The van der Waals surface area contributed by atoms with Crippen molar-refractivity contribution in [2.24, 2.45) is 0 Å². The van der Waals surface area contributed by atoms with E-state index in [1.54, 1.807) is 6.07 Å². The maximum Gasteiger partial charge on any atom is 0.257 e. The van der Waals surface area contributed by atoms with Crippen molar-refractivity contribution in [2.75, 3.05) is 13.6 Å². The molecule has 0 saturated heterocycles. The Morgan fingerprint density at radius 3 is 2.80 bits per heavy atom. The quantitative estimate of drug-likeness (QED) is 0.695. The van der Waals surface area contributed by atoms with Crippen LogP contribution in [0.25, 0.3) is 0 Å². The Hall–Kier alpha value is -1.96. The van der Waals surface area contributed by atoms with Crippen molar-refractivity contribution in [1.29, 1.82) is 5.26 Å². The zero-order valence-electron chi connectivity index (χ0n) is 8.00. The van der Waals surface area contributed by atoms with E-state index in [4.69, 9.17) is 5.26 Å². The van der Waals surface area contributed by atoms with Gasteiger partial charge in [-0.25, -0.2) is 8.78 Å². The van der Waals surface area contributed by atoms with Gasteiger partial charge in [-0.2, -0.15) is 5.26 Å². The van der Waals surface area contributed by atoms with Crippen LogP contribution in [-0.2, 0) is 0 Å². The van der Waals surface area contributed by atoms with Gasteiger partial charge >= 0.3 is 0 Å². The molecule has 3 nitrogen and oxygen atoms in total. The monoisotopic (exact) mass is 210 g/mol. The van der Waals surface area contributed by atoms with E-state index in [9.17, 15) is 13.6 Å². The number of hydrogen-bond acceptors (Lipinski definition) is 2. The standard InChI is InChI=1S/C10H8F2N2O/c1-14(5-4-13)10(15)8-6-7(11)2-3-9(8)12/h2-3,6H,5H2,1H3. The minimum atomic E-state index is -0.800. The van der Waals surface area contributed by atoms with E-state index >= 15 is 0 Å². The van der Waals surface area contributed by atoms with Crippen LogP contribution in [0.4, 0.5) is 8.78 Å². The zero-order valence-corrected chi connectivity index (χ0v) is 8.00. The number of carbonyl (C=O) groups is 1. The van der Waals surface area contributed by atoms with E-state index in [0.717, 1.165) is 23.1 Å². The molecule has 1 amide bonds. The molecule has 15 heavy (non-hydrogen) atoms. The van der Waals surface area contributed by atoms with Crippen molar-refractivity contribution in [3.05, 3.63) is 35.4 Å². The second kappa shape index (κ2) is 4.51. The molecule has 0 fully saturated rings. The van der Waals surface area contributed by atoms with Crippen LogP contribution in [0, 0.1) is 23.0 Å². The topological polar surface area (TPSA) is 44.1 Å². The van der Waals surface area contributed by atoms with Crippen LogP contribution < -0.4 is 0 Å². The highest BCUT2D eigenvalue weighted by Gasteiger charge is 2.16. The number of nitrogens with zero attached hydrogens (tertiary/aromatic N) is 2. The Morgan fingerprint density at radius 2 is 2.20 bits per heavy atom. The van der Waals surface area contributed by atoms with E-state index < -0.39 is 17.5 Å². The summed E-state index contributed by atoms with van der Waals surface area (Å²) in [6.07, 6.45) is 0. The number of rotatable bonds is 2. The van der Waals surface area contributed by atoms with Gasteiger partial charge in [-0.1, -0.05) is 0 Å². The molecule has 5 heteroatoms. The van der Waals surface area contributed by atoms with Crippen molar-refractivity contribution in [1.82, 2.24) is 4.90 Å². The highest BCUT2D eigenvalue weighted by Crippen LogP contribution is 2.11. The molecular formula is C10H8F2N2O. The maximum absolute atomic E-state index is 13.1. The van der Waals surface area contributed by atoms with E-state index in [1.165, 1.54) is 7.05 Å². The predicted octanol–water partition coefficient (Wildman–Crippen LogP) is 1.56. The third-order valence-electron chi connectivity index (χ3n) is 1.81. The number of nitriles is 1. The molecule has 0 heterocycles. The summed E-state index contributed by atoms with van der Waals surface area (Å²) in [6.45, 7) is -0.172. The fraction of sp³-hybridized carbons (Fsp3) is 0.200. The number of halogens is 2. The summed E-state index contributed by atoms with van der Waals surface area (Å²) in [5, 5.41) is 8.34. The highest BCUT2D eigenvalue weighted by atomic mass is 19.1. The van der Waals surface area contributed by atoms with Crippen LogP contribution in [0.15, 0.2) is 18.2 Å². The van der Waals surface area contributed by atoms with Crippen LogP contribution in [0.5, 0.6) is 0 Å². The molecule has 0 unspecified atom stereocenters. The minimum absolute atomic E-state index is 0.172. The van der Waals surface area contributed by atoms with Crippen LogP contribution in [-0.4, -0.2) is 24.4 Å². The molecule has 0 spiro atoms. The lowest BCUT2D eigenvalue weighted by Gasteiger charge is -2.13. The van der Waals surface area contributed by atoms with E-state index in [-0.39, 0.29) is 12.1 Å². The van der Waals surface area contributed by atoms with Crippen LogP contribution in [0.3, 0.4) is 0 Å². The summed E-state index contributed by atoms with van der Waals surface area (Å²) in [5.74, 6) is -2.20. The SMILES string of the molecule is CN(CC#N)C(=O)c1cc(F)ccc1F. The summed E-state index contributed by atoms with van der Waals surface area (Å²) in [7, 11) is 1.34. The van der Waals surface area contributed by atoms with Gasteiger partial charge in [0.15, 0.2) is 0 Å². The smallest absolute Gasteiger partial charge is 0.257 e. The van der Waals surface area contributed by atoms with Crippen LogP contribution in [0.2, 0.25) is 0 Å². The lowest BCUT2D eigenvalue weighted by atomic mass is 10.2. The Morgan fingerprint density at radius 1 is 1.53 bits per heavy atom. The van der Waals surface area contributed by atoms with Gasteiger partial charge in [0.1, 0.15) is 18.2 Å². The first kappa shape index (κ1) is 11.1. The third-order valence-corrected chi connectivity index (χ3v) is 1.81. The first-order chi connectivity index (χ1) is 7.06. The molecule has 0 aliphatic heterocycles. The molecule has 0 saturated carbocycles. The summed E-state index contributed by atoms with van der Waals surface area (Å²) in [6, 6.07) is 4.36. The van der Waals surface area contributed by atoms with E-state index in [1.807, 2.05) is 0 Å². The molecule has 1 aromatic carbocycles. The second-order valence-corrected chi connectivity index (χ2v) is 2.94. The third kappa shape index (κ3) is 2.50. The van der Waals surface area contributed by atoms with Gasteiger partial charge in [0.05, 0.1) is 11.6 Å². The number of benzene rings is 1. The fourth-order valence-corrected chi connectivity index (χ4v) is 1.04. The van der Waals surface area contributed by atoms with Crippen LogP contribution >= 0.6 is 0 Å². The Labute approximate surface area is 85.5 Å². The fourth-order valence-electron chi connectivity index (χ4n) is 1.04. The zero-order chi connectivity index (χ0) is 11.4. The Kier molecular flexibility index (Phi) is 3.34. The average Bonchev–Trinajstić information content (AvgIpc) is 2.21. The Bertz CT molecular complexity index is 426. The van der Waals surface area contributed by atoms with Crippen molar-refractivity contribution in [2.45, 2.75) is 0 Å². The molecule has 0 aliphatic rings.